The van der Waals surface area contributed by atoms with E-state index in [0.29, 0.717) is 18.2 Å². The van der Waals surface area contributed by atoms with E-state index >= 15 is 0 Å². The van der Waals surface area contributed by atoms with Crippen molar-refractivity contribution in [1.29, 1.82) is 0 Å². The average molecular weight is 326 g/mol. The summed E-state index contributed by atoms with van der Waals surface area (Å²) in [6.45, 7) is 4.64. The maximum atomic E-state index is 12.1. The molecule has 2 rings (SSSR count). The van der Waals surface area contributed by atoms with Gasteiger partial charge < -0.3 is 15.8 Å². The Hall–Kier alpha value is -2.33. The van der Waals surface area contributed by atoms with Gasteiger partial charge in [0.15, 0.2) is 6.61 Å². The van der Waals surface area contributed by atoms with Crippen molar-refractivity contribution in [2.75, 3.05) is 13.2 Å². The molecule has 1 amide bonds. The van der Waals surface area contributed by atoms with Crippen LogP contribution in [-0.2, 0) is 4.79 Å². The summed E-state index contributed by atoms with van der Waals surface area (Å²) >= 11 is 0. The maximum absolute atomic E-state index is 12.1. The molecule has 2 aromatic rings. The van der Waals surface area contributed by atoms with Crippen molar-refractivity contribution in [3.05, 3.63) is 54.6 Å². The molecule has 0 aliphatic carbocycles. The van der Waals surface area contributed by atoms with Crippen LogP contribution in [0.25, 0.3) is 11.1 Å². The molecule has 0 heterocycles. The molecule has 1 atom stereocenters. The fourth-order valence-electron chi connectivity index (χ4n) is 2.64. The molecule has 0 saturated heterocycles. The van der Waals surface area contributed by atoms with Crippen molar-refractivity contribution in [3.8, 4) is 16.9 Å². The second-order valence-electron chi connectivity index (χ2n) is 6.28. The fourth-order valence-corrected chi connectivity index (χ4v) is 2.64. The Morgan fingerprint density at radius 3 is 2.42 bits per heavy atom. The number of benzene rings is 2. The number of ether oxygens (including phenoxy) is 1. The van der Waals surface area contributed by atoms with Crippen molar-refractivity contribution in [2.45, 2.75) is 26.3 Å². The Kier molecular flexibility index (Phi) is 6.82. The summed E-state index contributed by atoms with van der Waals surface area (Å²) in [4.78, 5) is 12.1. The Balaban J connectivity index is 1.98. The minimum absolute atomic E-state index is 0.00883. The summed E-state index contributed by atoms with van der Waals surface area (Å²) in [6.07, 6.45) is 0.864. The molecule has 0 fully saturated rings. The van der Waals surface area contributed by atoms with Crippen LogP contribution < -0.4 is 15.8 Å². The summed E-state index contributed by atoms with van der Waals surface area (Å²) in [7, 11) is 0. The van der Waals surface area contributed by atoms with Crippen LogP contribution in [0.4, 0.5) is 0 Å². The first-order chi connectivity index (χ1) is 11.6. The minimum Gasteiger partial charge on any atom is -0.483 e. The molecule has 0 saturated carbocycles. The summed E-state index contributed by atoms with van der Waals surface area (Å²) in [5, 5.41) is 2.94. The SMILES string of the molecule is CC(C)CC(CN)NC(=O)COc1ccccc1-c1ccccc1. The molecule has 0 aliphatic heterocycles. The zero-order valence-corrected chi connectivity index (χ0v) is 14.4. The van der Waals surface area contributed by atoms with Gasteiger partial charge in [0.05, 0.1) is 0 Å². The van der Waals surface area contributed by atoms with Gasteiger partial charge in [-0.15, -0.1) is 0 Å². The van der Waals surface area contributed by atoms with E-state index in [1.54, 1.807) is 0 Å². The lowest BCUT2D eigenvalue weighted by Crippen LogP contribution is -2.43. The van der Waals surface area contributed by atoms with Crippen molar-refractivity contribution in [3.63, 3.8) is 0 Å². The molecule has 4 heteroatoms. The monoisotopic (exact) mass is 326 g/mol. The number of hydrogen-bond acceptors (Lipinski definition) is 3. The summed E-state index contributed by atoms with van der Waals surface area (Å²) in [5.41, 5.74) is 7.76. The van der Waals surface area contributed by atoms with Gasteiger partial charge in [0, 0.05) is 18.2 Å². The topological polar surface area (TPSA) is 64.3 Å². The predicted octanol–water partition coefficient (Wildman–Crippen LogP) is 3.22. The van der Waals surface area contributed by atoms with E-state index in [0.717, 1.165) is 17.5 Å². The Bertz CT molecular complexity index is 641. The number of carbonyl (C=O) groups is 1. The number of para-hydroxylation sites is 1. The number of amides is 1. The Morgan fingerprint density at radius 2 is 1.75 bits per heavy atom. The molecule has 0 radical (unpaired) electrons. The number of hydrogen-bond donors (Lipinski definition) is 2. The average Bonchev–Trinajstić information content (AvgIpc) is 2.60. The number of nitrogens with two attached hydrogens (primary N) is 1. The van der Waals surface area contributed by atoms with Crippen molar-refractivity contribution >= 4 is 5.91 Å². The predicted molar refractivity (Wildman–Crippen MR) is 97.8 cm³/mol. The Morgan fingerprint density at radius 1 is 1.08 bits per heavy atom. The lowest BCUT2D eigenvalue weighted by molar-refractivity contribution is -0.123. The van der Waals surface area contributed by atoms with Gasteiger partial charge >= 0.3 is 0 Å². The molecule has 0 aromatic heterocycles. The minimum atomic E-state index is -0.144. The number of rotatable bonds is 8. The summed E-state index contributed by atoms with van der Waals surface area (Å²) in [6, 6.07) is 17.7. The molecular weight excluding hydrogens is 300 g/mol. The first kappa shape index (κ1) is 18.0. The van der Waals surface area contributed by atoms with Gasteiger partial charge in [0.25, 0.3) is 5.91 Å². The van der Waals surface area contributed by atoms with E-state index in [2.05, 4.69) is 19.2 Å². The number of carbonyl (C=O) groups excluding carboxylic acids is 1. The van der Waals surface area contributed by atoms with Crippen LogP contribution in [-0.4, -0.2) is 25.1 Å². The third-order valence-electron chi connectivity index (χ3n) is 3.74. The first-order valence-corrected chi connectivity index (χ1v) is 8.36. The van der Waals surface area contributed by atoms with Gasteiger partial charge in [-0.25, -0.2) is 0 Å². The van der Waals surface area contributed by atoms with Crippen LogP contribution in [0.15, 0.2) is 54.6 Å². The van der Waals surface area contributed by atoms with Crippen LogP contribution in [0.3, 0.4) is 0 Å². The lowest BCUT2D eigenvalue weighted by atomic mass is 10.0. The third kappa shape index (κ3) is 5.39. The highest BCUT2D eigenvalue weighted by molar-refractivity contribution is 5.78. The van der Waals surface area contributed by atoms with E-state index in [1.165, 1.54) is 0 Å². The van der Waals surface area contributed by atoms with Crippen LogP contribution in [0.2, 0.25) is 0 Å². The molecule has 0 aliphatic rings. The fraction of sp³-hybridized carbons (Fsp3) is 0.350. The lowest BCUT2D eigenvalue weighted by Gasteiger charge is -2.19. The molecule has 3 N–H and O–H groups in total. The summed E-state index contributed by atoms with van der Waals surface area (Å²) in [5.74, 6) is 1.04. The van der Waals surface area contributed by atoms with E-state index in [9.17, 15) is 4.79 Å². The second kappa shape index (κ2) is 9.08. The quantitative estimate of drug-likeness (QED) is 0.783. The summed E-state index contributed by atoms with van der Waals surface area (Å²) < 4.78 is 5.75. The van der Waals surface area contributed by atoms with Crippen molar-refractivity contribution in [1.82, 2.24) is 5.32 Å². The molecule has 2 aromatic carbocycles. The third-order valence-corrected chi connectivity index (χ3v) is 3.74. The van der Waals surface area contributed by atoms with Crippen LogP contribution in [0, 0.1) is 5.92 Å². The first-order valence-electron chi connectivity index (χ1n) is 8.36. The van der Waals surface area contributed by atoms with Crippen LogP contribution in [0.5, 0.6) is 5.75 Å². The standard InChI is InChI=1S/C20H26N2O2/c1-15(2)12-17(13-21)22-20(23)14-24-19-11-7-6-10-18(19)16-8-4-3-5-9-16/h3-11,15,17H,12-14,21H2,1-2H3,(H,22,23). The van der Waals surface area contributed by atoms with Crippen LogP contribution >= 0.6 is 0 Å². The number of nitrogens with one attached hydrogen (secondary N) is 1. The molecule has 128 valence electrons. The van der Waals surface area contributed by atoms with E-state index in [1.807, 2.05) is 54.6 Å². The van der Waals surface area contributed by atoms with Gasteiger partial charge in [-0.3, -0.25) is 4.79 Å². The molecule has 0 bridgehead atoms. The molecule has 0 spiro atoms. The van der Waals surface area contributed by atoms with Crippen LogP contribution in [0.1, 0.15) is 20.3 Å². The highest BCUT2D eigenvalue weighted by Gasteiger charge is 2.13. The highest BCUT2D eigenvalue weighted by atomic mass is 16.5. The zero-order valence-electron chi connectivity index (χ0n) is 14.4. The van der Waals surface area contributed by atoms with E-state index in [4.69, 9.17) is 10.5 Å². The maximum Gasteiger partial charge on any atom is 0.258 e. The molecule has 4 nitrogen and oxygen atoms in total. The van der Waals surface area contributed by atoms with Crippen molar-refractivity contribution in [2.24, 2.45) is 11.7 Å². The van der Waals surface area contributed by atoms with Crippen molar-refractivity contribution < 1.29 is 9.53 Å². The molecule has 1 unspecified atom stereocenters. The normalized spacial score (nSPS) is 12.0. The van der Waals surface area contributed by atoms with Gasteiger partial charge in [-0.05, 0) is 24.0 Å². The van der Waals surface area contributed by atoms with Gasteiger partial charge in [0.2, 0.25) is 0 Å². The van der Waals surface area contributed by atoms with Gasteiger partial charge in [0.1, 0.15) is 5.75 Å². The largest absolute Gasteiger partial charge is 0.483 e. The van der Waals surface area contributed by atoms with Gasteiger partial charge in [-0.1, -0.05) is 62.4 Å². The highest BCUT2D eigenvalue weighted by Crippen LogP contribution is 2.29. The smallest absolute Gasteiger partial charge is 0.258 e. The zero-order chi connectivity index (χ0) is 17.4. The van der Waals surface area contributed by atoms with E-state index < -0.39 is 0 Å². The van der Waals surface area contributed by atoms with Gasteiger partial charge in [-0.2, -0.15) is 0 Å². The molecule has 24 heavy (non-hydrogen) atoms. The second-order valence-corrected chi connectivity index (χ2v) is 6.28. The Labute approximate surface area is 144 Å². The molecular formula is C20H26N2O2. The van der Waals surface area contributed by atoms with E-state index in [-0.39, 0.29) is 18.6 Å².